The average Bonchev–Trinajstić information content (AvgIpc) is 2.52. The van der Waals surface area contributed by atoms with Crippen molar-refractivity contribution in [2.75, 3.05) is 19.6 Å². The quantitative estimate of drug-likeness (QED) is 0.863. The van der Waals surface area contributed by atoms with Crippen LogP contribution >= 0.6 is 0 Å². The van der Waals surface area contributed by atoms with Crippen LogP contribution in [0.5, 0.6) is 0 Å². The molecule has 104 valence electrons. The van der Waals surface area contributed by atoms with Gasteiger partial charge < -0.3 is 5.32 Å². The minimum Gasteiger partial charge on any atom is -0.311 e. The zero-order valence-electron chi connectivity index (χ0n) is 11.4. The maximum Gasteiger partial charge on any atom is 0.166 e. The third kappa shape index (κ3) is 2.74. The maximum atomic E-state index is 14.3. The molecule has 0 aliphatic carbocycles. The molecule has 0 radical (unpaired) electrons. The second-order valence-electron chi connectivity index (χ2n) is 5.10. The lowest BCUT2D eigenvalue weighted by molar-refractivity contribution is 0.0335. The Labute approximate surface area is 119 Å². The highest BCUT2D eigenvalue weighted by molar-refractivity contribution is 5.32. The molecule has 3 rings (SSSR count). The molecule has 20 heavy (non-hydrogen) atoms. The van der Waals surface area contributed by atoms with Gasteiger partial charge in [0.05, 0.1) is 6.04 Å². The first-order chi connectivity index (χ1) is 9.86. The van der Waals surface area contributed by atoms with E-state index >= 15 is 0 Å². The molecule has 2 nitrogen and oxygen atoms in total. The van der Waals surface area contributed by atoms with E-state index in [1.807, 2.05) is 41.3 Å². The SMILES string of the molecule is FC1CNCCN1C(c1ccccc1)c1ccccc1. The number of piperazine rings is 1. The van der Waals surface area contributed by atoms with Gasteiger partial charge in [0, 0.05) is 19.6 Å². The molecule has 1 heterocycles. The predicted molar refractivity (Wildman–Crippen MR) is 79.2 cm³/mol. The molecule has 0 aromatic heterocycles. The van der Waals surface area contributed by atoms with Crippen LogP contribution in [0.15, 0.2) is 60.7 Å². The summed E-state index contributed by atoms with van der Waals surface area (Å²) >= 11 is 0. The van der Waals surface area contributed by atoms with Crippen molar-refractivity contribution in [3.8, 4) is 0 Å². The van der Waals surface area contributed by atoms with E-state index in [0.717, 1.165) is 24.2 Å². The van der Waals surface area contributed by atoms with E-state index < -0.39 is 6.30 Å². The van der Waals surface area contributed by atoms with Crippen LogP contribution in [0.25, 0.3) is 0 Å². The number of rotatable bonds is 3. The lowest BCUT2D eigenvalue weighted by Crippen LogP contribution is -2.50. The lowest BCUT2D eigenvalue weighted by Gasteiger charge is -2.38. The number of nitrogens with zero attached hydrogens (tertiary/aromatic N) is 1. The van der Waals surface area contributed by atoms with E-state index in [-0.39, 0.29) is 6.04 Å². The van der Waals surface area contributed by atoms with E-state index in [1.54, 1.807) is 0 Å². The van der Waals surface area contributed by atoms with Gasteiger partial charge >= 0.3 is 0 Å². The van der Waals surface area contributed by atoms with E-state index in [9.17, 15) is 4.39 Å². The van der Waals surface area contributed by atoms with Crippen molar-refractivity contribution in [1.82, 2.24) is 10.2 Å². The first-order valence-corrected chi connectivity index (χ1v) is 7.06. The zero-order valence-corrected chi connectivity index (χ0v) is 11.4. The molecule has 2 aromatic carbocycles. The molecule has 0 amide bonds. The van der Waals surface area contributed by atoms with Crippen molar-refractivity contribution in [3.05, 3.63) is 71.8 Å². The van der Waals surface area contributed by atoms with E-state index in [1.165, 1.54) is 0 Å². The fraction of sp³-hybridized carbons (Fsp3) is 0.294. The fourth-order valence-electron chi connectivity index (χ4n) is 2.82. The minimum absolute atomic E-state index is 0.0190. The summed E-state index contributed by atoms with van der Waals surface area (Å²) in [6.45, 7) is 1.95. The highest BCUT2D eigenvalue weighted by atomic mass is 19.1. The summed E-state index contributed by atoms with van der Waals surface area (Å²) in [6, 6.07) is 20.3. The molecule has 1 fully saturated rings. The van der Waals surface area contributed by atoms with Crippen LogP contribution in [0.3, 0.4) is 0 Å². The number of halogens is 1. The smallest absolute Gasteiger partial charge is 0.166 e. The third-order valence-corrected chi connectivity index (χ3v) is 3.78. The van der Waals surface area contributed by atoms with Crippen LogP contribution in [0.1, 0.15) is 17.2 Å². The van der Waals surface area contributed by atoms with Crippen molar-refractivity contribution in [3.63, 3.8) is 0 Å². The van der Waals surface area contributed by atoms with Gasteiger partial charge in [-0.3, -0.25) is 4.90 Å². The summed E-state index contributed by atoms with van der Waals surface area (Å²) in [4.78, 5) is 1.95. The lowest BCUT2D eigenvalue weighted by atomic mass is 9.96. The molecule has 0 bridgehead atoms. The number of nitrogens with one attached hydrogen (secondary N) is 1. The maximum absolute atomic E-state index is 14.3. The Kier molecular flexibility index (Phi) is 4.09. The largest absolute Gasteiger partial charge is 0.311 e. The Morgan fingerprint density at radius 1 is 0.950 bits per heavy atom. The van der Waals surface area contributed by atoms with Crippen molar-refractivity contribution < 1.29 is 4.39 Å². The van der Waals surface area contributed by atoms with E-state index in [4.69, 9.17) is 0 Å². The second kappa shape index (κ2) is 6.16. The fourth-order valence-corrected chi connectivity index (χ4v) is 2.82. The van der Waals surface area contributed by atoms with Crippen molar-refractivity contribution in [2.45, 2.75) is 12.3 Å². The Morgan fingerprint density at radius 3 is 2.00 bits per heavy atom. The molecule has 1 saturated heterocycles. The standard InChI is InChI=1S/C17H19FN2/c18-16-13-19-11-12-20(16)17(14-7-3-1-4-8-14)15-9-5-2-6-10-15/h1-10,16-17,19H,11-13H2. The normalized spacial score (nSPS) is 20.2. The van der Waals surface area contributed by atoms with Gasteiger partial charge in [-0.2, -0.15) is 0 Å². The van der Waals surface area contributed by atoms with Crippen molar-refractivity contribution in [2.24, 2.45) is 0 Å². The molecular formula is C17H19FN2. The summed E-state index contributed by atoms with van der Waals surface area (Å²) in [6.07, 6.45) is -0.950. The van der Waals surface area contributed by atoms with Crippen molar-refractivity contribution in [1.29, 1.82) is 0 Å². The number of hydrogen-bond acceptors (Lipinski definition) is 2. The van der Waals surface area contributed by atoms with Gasteiger partial charge in [-0.25, -0.2) is 4.39 Å². The molecule has 0 saturated carbocycles. The van der Waals surface area contributed by atoms with E-state index in [0.29, 0.717) is 6.54 Å². The third-order valence-electron chi connectivity index (χ3n) is 3.78. The van der Waals surface area contributed by atoms with E-state index in [2.05, 4.69) is 29.6 Å². The monoisotopic (exact) mass is 270 g/mol. The van der Waals surface area contributed by atoms with Crippen LogP contribution in [0.4, 0.5) is 4.39 Å². The van der Waals surface area contributed by atoms with Crippen molar-refractivity contribution >= 4 is 0 Å². The minimum atomic E-state index is -0.950. The highest BCUT2D eigenvalue weighted by Gasteiger charge is 2.30. The number of alkyl halides is 1. The van der Waals surface area contributed by atoms with Gasteiger partial charge in [0.2, 0.25) is 0 Å². The van der Waals surface area contributed by atoms with Crippen LogP contribution in [-0.2, 0) is 0 Å². The molecule has 1 N–H and O–H groups in total. The van der Waals surface area contributed by atoms with Crippen LogP contribution < -0.4 is 5.32 Å². The summed E-state index contributed by atoms with van der Waals surface area (Å²) < 4.78 is 14.3. The van der Waals surface area contributed by atoms with Gasteiger partial charge in [0.25, 0.3) is 0 Å². The molecule has 1 unspecified atom stereocenters. The molecular weight excluding hydrogens is 251 g/mol. The second-order valence-corrected chi connectivity index (χ2v) is 5.10. The highest BCUT2D eigenvalue weighted by Crippen LogP contribution is 2.30. The Bertz CT molecular complexity index is 490. The zero-order chi connectivity index (χ0) is 13.8. The van der Waals surface area contributed by atoms with Gasteiger partial charge in [0.1, 0.15) is 0 Å². The van der Waals surface area contributed by atoms with Crippen LogP contribution in [0, 0.1) is 0 Å². The molecule has 3 heteroatoms. The predicted octanol–water partition coefficient (Wildman–Crippen LogP) is 2.98. The van der Waals surface area contributed by atoms with Gasteiger partial charge in [-0.05, 0) is 11.1 Å². The Balaban J connectivity index is 1.99. The van der Waals surface area contributed by atoms with Gasteiger partial charge in [-0.15, -0.1) is 0 Å². The number of hydrogen-bond donors (Lipinski definition) is 1. The summed E-state index contributed by atoms with van der Waals surface area (Å²) in [5.74, 6) is 0. The molecule has 1 atom stereocenters. The van der Waals surface area contributed by atoms with Crippen LogP contribution in [0.2, 0.25) is 0 Å². The number of benzene rings is 2. The summed E-state index contributed by atoms with van der Waals surface area (Å²) in [7, 11) is 0. The molecule has 1 aliphatic rings. The first-order valence-electron chi connectivity index (χ1n) is 7.06. The topological polar surface area (TPSA) is 15.3 Å². The average molecular weight is 270 g/mol. The summed E-state index contributed by atoms with van der Waals surface area (Å²) in [5, 5.41) is 3.11. The first kappa shape index (κ1) is 13.3. The van der Waals surface area contributed by atoms with Gasteiger partial charge in [-0.1, -0.05) is 60.7 Å². The molecule has 1 aliphatic heterocycles. The Morgan fingerprint density at radius 2 is 1.50 bits per heavy atom. The van der Waals surface area contributed by atoms with Gasteiger partial charge in [0.15, 0.2) is 6.30 Å². The summed E-state index contributed by atoms with van der Waals surface area (Å²) in [5.41, 5.74) is 2.28. The van der Waals surface area contributed by atoms with Crippen LogP contribution in [-0.4, -0.2) is 30.8 Å². The molecule has 2 aromatic rings. The Hall–Kier alpha value is -1.71. The molecule has 0 spiro atoms.